The molecule has 1 unspecified atom stereocenters. The largest absolute Gasteiger partial charge is 0.489 e. The van der Waals surface area contributed by atoms with Crippen LogP contribution >= 0.6 is 0 Å². The molecule has 1 aliphatic rings. The van der Waals surface area contributed by atoms with Crippen molar-refractivity contribution in [2.45, 2.75) is 32.4 Å². The number of aryl methyl sites for hydroxylation is 1. The van der Waals surface area contributed by atoms with Gasteiger partial charge in [-0.3, -0.25) is 0 Å². The van der Waals surface area contributed by atoms with E-state index in [1.807, 2.05) is 18.2 Å². The molecule has 0 saturated carbocycles. The molecule has 1 N–H and O–H groups in total. The number of ether oxygens (including phenoxy) is 1. The molecule has 0 amide bonds. The third-order valence-corrected chi connectivity index (χ3v) is 3.89. The molecule has 0 fully saturated rings. The summed E-state index contributed by atoms with van der Waals surface area (Å²) < 4.78 is 5.89. The Morgan fingerprint density at radius 2 is 2.00 bits per heavy atom. The van der Waals surface area contributed by atoms with E-state index in [9.17, 15) is 0 Å². The third kappa shape index (κ3) is 2.86. The van der Waals surface area contributed by atoms with Crippen molar-refractivity contribution >= 4 is 0 Å². The van der Waals surface area contributed by atoms with Gasteiger partial charge in [-0.05, 0) is 48.2 Å². The van der Waals surface area contributed by atoms with Gasteiger partial charge in [-0.15, -0.1) is 0 Å². The van der Waals surface area contributed by atoms with Gasteiger partial charge in [0.15, 0.2) is 0 Å². The number of hydrogen-bond donors (Lipinski definition) is 1. The van der Waals surface area contributed by atoms with Crippen molar-refractivity contribution in [2.75, 3.05) is 6.54 Å². The van der Waals surface area contributed by atoms with Gasteiger partial charge in [0.25, 0.3) is 0 Å². The second-order valence-corrected chi connectivity index (χ2v) is 5.28. The highest BCUT2D eigenvalue weighted by atomic mass is 16.5. The zero-order valence-corrected chi connectivity index (χ0v) is 11.9. The minimum absolute atomic E-state index is 0.526. The van der Waals surface area contributed by atoms with Crippen molar-refractivity contribution in [1.82, 2.24) is 5.32 Å². The first-order chi connectivity index (χ1) is 9.86. The van der Waals surface area contributed by atoms with Gasteiger partial charge in [0.2, 0.25) is 0 Å². The van der Waals surface area contributed by atoms with Crippen LogP contribution in [-0.2, 0) is 13.0 Å². The molecule has 1 atom stereocenters. The lowest BCUT2D eigenvalue weighted by Gasteiger charge is -2.13. The lowest BCUT2D eigenvalue weighted by atomic mass is 10.1. The molecule has 0 radical (unpaired) electrons. The highest BCUT2D eigenvalue weighted by Crippen LogP contribution is 2.33. The summed E-state index contributed by atoms with van der Waals surface area (Å²) in [7, 11) is 0. The van der Waals surface area contributed by atoms with Crippen molar-refractivity contribution in [3.05, 3.63) is 65.2 Å². The molecule has 2 aromatic carbocycles. The smallest absolute Gasteiger partial charge is 0.120 e. The number of nitrogens with one attached hydrogen (secondary N) is 1. The fourth-order valence-electron chi connectivity index (χ4n) is 2.88. The molecule has 0 heterocycles. The van der Waals surface area contributed by atoms with Crippen LogP contribution in [-0.4, -0.2) is 6.54 Å². The summed E-state index contributed by atoms with van der Waals surface area (Å²) in [6.07, 6.45) is 2.35. The average Bonchev–Trinajstić information content (AvgIpc) is 2.89. The Morgan fingerprint density at radius 1 is 1.15 bits per heavy atom. The quantitative estimate of drug-likeness (QED) is 0.888. The van der Waals surface area contributed by atoms with Crippen LogP contribution in [0.5, 0.6) is 5.75 Å². The molecule has 0 aliphatic heterocycles. The van der Waals surface area contributed by atoms with Crippen LogP contribution in [0, 0.1) is 0 Å². The molecule has 0 aromatic heterocycles. The highest BCUT2D eigenvalue weighted by molar-refractivity contribution is 5.40. The molecular formula is C18H21NO. The summed E-state index contributed by atoms with van der Waals surface area (Å²) in [6, 6.07) is 17.3. The molecule has 3 rings (SSSR count). The monoisotopic (exact) mass is 267 g/mol. The first kappa shape index (κ1) is 13.2. The normalized spacial score (nSPS) is 16.9. The Kier molecular flexibility index (Phi) is 4.03. The Labute approximate surface area is 120 Å². The molecular weight excluding hydrogens is 246 g/mol. The SMILES string of the molecule is CCNC1CCc2cc(OCc3ccccc3)ccc21. The predicted octanol–water partition coefficient (Wildman–Crippen LogP) is 3.86. The predicted molar refractivity (Wildman–Crippen MR) is 82.0 cm³/mol. The van der Waals surface area contributed by atoms with Crippen molar-refractivity contribution < 1.29 is 4.74 Å². The Morgan fingerprint density at radius 3 is 2.80 bits per heavy atom. The average molecular weight is 267 g/mol. The van der Waals surface area contributed by atoms with Gasteiger partial charge in [0.1, 0.15) is 12.4 Å². The van der Waals surface area contributed by atoms with Crippen LogP contribution in [0.3, 0.4) is 0 Å². The maximum Gasteiger partial charge on any atom is 0.120 e. The van der Waals surface area contributed by atoms with Crippen LogP contribution in [0.15, 0.2) is 48.5 Å². The summed E-state index contributed by atoms with van der Waals surface area (Å²) in [6.45, 7) is 3.82. The fourth-order valence-corrected chi connectivity index (χ4v) is 2.88. The van der Waals surface area contributed by atoms with Crippen LogP contribution in [0.2, 0.25) is 0 Å². The van der Waals surface area contributed by atoms with Crippen molar-refractivity contribution in [1.29, 1.82) is 0 Å². The van der Waals surface area contributed by atoms with Gasteiger partial charge in [-0.1, -0.05) is 43.3 Å². The fraction of sp³-hybridized carbons (Fsp3) is 0.333. The first-order valence-electron chi connectivity index (χ1n) is 7.39. The zero-order chi connectivity index (χ0) is 13.8. The summed E-state index contributed by atoms with van der Waals surface area (Å²) in [5.74, 6) is 0.977. The lowest BCUT2D eigenvalue weighted by Crippen LogP contribution is -2.18. The molecule has 2 nitrogen and oxygen atoms in total. The second kappa shape index (κ2) is 6.10. The van der Waals surface area contributed by atoms with E-state index in [0.29, 0.717) is 12.6 Å². The summed E-state index contributed by atoms with van der Waals surface area (Å²) >= 11 is 0. The molecule has 2 aromatic rings. The van der Waals surface area contributed by atoms with E-state index in [0.717, 1.165) is 18.7 Å². The maximum absolute atomic E-state index is 5.89. The molecule has 20 heavy (non-hydrogen) atoms. The number of benzene rings is 2. The van der Waals surface area contributed by atoms with E-state index in [1.165, 1.54) is 23.1 Å². The topological polar surface area (TPSA) is 21.3 Å². The number of fused-ring (bicyclic) bond motifs is 1. The van der Waals surface area contributed by atoms with Crippen LogP contribution in [0.25, 0.3) is 0 Å². The van der Waals surface area contributed by atoms with Crippen molar-refractivity contribution in [3.8, 4) is 5.75 Å². The van der Waals surface area contributed by atoms with Crippen molar-refractivity contribution in [3.63, 3.8) is 0 Å². The second-order valence-electron chi connectivity index (χ2n) is 5.28. The number of rotatable bonds is 5. The van der Waals surface area contributed by atoms with Crippen LogP contribution in [0.4, 0.5) is 0 Å². The first-order valence-corrected chi connectivity index (χ1v) is 7.39. The van der Waals surface area contributed by atoms with E-state index in [4.69, 9.17) is 4.74 Å². The van der Waals surface area contributed by atoms with Gasteiger partial charge in [-0.25, -0.2) is 0 Å². The van der Waals surface area contributed by atoms with E-state index in [1.54, 1.807) is 0 Å². The van der Waals surface area contributed by atoms with Gasteiger partial charge in [-0.2, -0.15) is 0 Å². The Balaban J connectivity index is 1.68. The minimum Gasteiger partial charge on any atom is -0.489 e. The van der Waals surface area contributed by atoms with Gasteiger partial charge >= 0.3 is 0 Å². The summed E-state index contributed by atoms with van der Waals surface area (Å²) in [5, 5.41) is 3.54. The summed E-state index contributed by atoms with van der Waals surface area (Å²) in [5.41, 5.74) is 4.08. The van der Waals surface area contributed by atoms with Gasteiger partial charge in [0, 0.05) is 6.04 Å². The van der Waals surface area contributed by atoms with E-state index in [-0.39, 0.29) is 0 Å². The van der Waals surface area contributed by atoms with Crippen LogP contribution < -0.4 is 10.1 Å². The van der Waals surface area contributed by atoms with E-state index in [2.05, 4.69) is 42.6 Å². The molecule has 2 heteroatoms. The van der Waals surface area contributed by atoms with E-state index < -0.39 is 0 Å². The molecule has 0 spiro atoms. The number of hydrogen-bond acceptors (Lipinski definition) is 2. The third-order valence-electron chi connectivity index (χ3n) is 3.89. The van der Waals surface area contributed by atoms with E-state index >= 15 is 0 Å². The van der Waals surface area contributed by atoms with Gasteiger partial charge < -0.3 is 10.1 Å². The minimum atomic E-state index is 0.526. The van der Waals surface area contributed by atoms with Gasteiger partial charge in [0.05, 0.1) is 0 Å². The Hall–Kier alpha value is -1.80. The highest BCUT2D eigenvalue weighted by Gasteiger charge is 2.21. The molecule has 1 aliphatic carbocycles. The van der Waals surface area contributed by atoms with Crippen molar-refractivity contribution in [2.24, 2.45) is 0 Å². The summed E-state index contributed by atoms with van der Waals surface area (Å²) in [4.78, 5) is 0. The van der Waals surface area contributed by atoms with Crippen LogP contribution in [0.1, 0.15) is 36.1 Å². The molecule has 0 bridgehead atoms. The standard InChI is InChI=1S/C18H21NO/c1-2-19-18-11-8-15-12-16(9-10-17(15)18)20-13-14-6-4-3-5-7-14/h3-7,9-10,12,18-19H,2,8,11,13H2,1H3. The Bertz CT molecular complexity index is 565. The molecule has 0 saturated heterocycles. The lowest BCUT2D eigenvalue weighted by molar-refractivity contribution is 0.306. The maximum atomic E-state index is 5.89. The zero-order valence-electron chi connectivity index (χ0n) is 11.9. The molecule has 104 valence electrons.